The van der Waals surface area contributed by atoms with Crippen LogP contribution >= 0.6 is 0 Å². The highest BCUT2D eigenvalue weighted by Crippen LogP contribution is 2.28. The highest BCUT2D eigenvalue weighted by molar-refractivity contribution is 5.83. The Morgan fingerprint density at radius 1 is 0.848 bits per heavy atom. The van der Waals surface area contributed by atoms with Crippen LogP contribution in [0.1, 0.15) is 56.2 Å². The van der Waals surface area contributed by atoms with Gasteiger partial charge in [0.25, 0.3) is 0 Å². The van der Waals surface area contributed by atoms with Gasteiger partial charge in [-0.1, -0.05) is 29.4 Å². The summed E-state index contributed by atoms with van der Waals surface area (Å²) in [5.74, 6) is 2.77. The third kappa shape index (κ3) is 10.0. The normalized spacial score (nSPS) is 11.6. The standard InChI is InChI=1S/C28H39NO4/c1-6-7-16-32-27-19-22(2)28(23(3)20-27)33-18-11-9-8-10-17-31-26-14-12-25(13-15-26)21-24(4)29-30-5/h6-7,12-15,19-20H,8-11,16-18,21H2,1-5H3/b7-6+,29-24?. The van der Waals surface area contributed by atoms with Gasteiger partial charge in [0.1, 0.15) is 31.0 Å². The minimum Gasteiger partial charge on any atom is -0.494 e. The van der Waals surface area contributed by atoms with Crippen LogP contribution in [0.15, 0.2) is 53.7 Å². The monoisotopic (exact) mass is 453 g/mol. The minimum absolute atomic E-state index is 0.592. The van der Waals surface area contributed by atoms with Gasteiger partial charge >= 0.3 is 0 Å². The fraction of sp³-hybridized carbons (Fsp3) is 0.464. The zero-order chi connectivity index (χ0) is 23.9. The van der Waals surface area contributed by atoms with Crippen LogP contribution in [0.5, 0.6) is 17.2 Å². The van der Waals surface area contributed by atoms with Gasteiger partial charge in [0, 0.05) is 6.42 Å². The molecule has 0 unspecified atom stereocenters. The van der Waals surface area contributed by atoms with E-state index in [4.69, 9.17) is 19.0 Å². The Morgan fingerprint density at radius 2 is 1.48 bits per heavy atom. The molecule has 0 saturated heterocycles. The SMILES string of the molecule is C/C=C/COc1cc(C)c(OCCCCCCOc2ccc(CC(C)=NOC)cc2)c(C)c1. The van der Waals surface area contributed by atoms with Crippen LogP contribution in [0.25, 0.3) is 0 Å². The molecule has 2 rings (SSSR count). The van der Waals surface area contributed by atoms with Crippen molar-refractivity contribution >= 4 is 5.71 Å². The van der Waals surface area contributed by atoms with Crippen molar-refractivity contribution in [1.29, 1.82) is 0 Å². The molecular formula is C28H39NO4. The fourth-order valence-corrected chi connectivity index (χ4v) is 3.57. The summed E-state index contributed by atoms with van der Waals surface area (Å²) in [4.78, 5) is 4.80. The summed E-state index contributed by atoms with van der Waals surface area (Å²) >= 11 is 0. The molecule has 2 aromatic rings. The van der Waals surface area contributed by atoms with E-state index in [1.807, 2.05) is 50.3 Å². The number of aryl methyl sites for hydroxylation is 2. The average molecular weight is 454 g/mol. The molecule has 0 saturated carbocycles. The van der Waals surface area contributed by atoms with Crippen molar-refractivity contribution in [2.45, 2.75) is 59.8 Å². The number of unbranched alkanes of at least 4 members (excludes halogenated alkanes) is 3. The first-order chi connectivity index (χ1) is 16.0. The Bertz CT molecular complexity index is 864. The van der Waals surface area contributed by atoms with Crippen molar-refractivity contribution < 1.29 is 19.0 Å². The molecular weight excluding hydrogens is 414 g/mol. The number of hydrogen-bond acceptors (Lipinski definition) is 5. The number of allylic oxidation sites excluding steroid dienone is 1. The first-order valence-electron chi connectivity index (χ1n) is 11.8. The van der Waals surface area contributed by atoms with E-state index in [1.165, 1.54) is 5.56 Å². The predicted octanol–water partition coefficient (Wildman–Crippen LogP) is 6.84. The lowest BCUT2D eigenvalue weighted by Crippen LogP contribution is -2.03. The molecule has 0 aromatic heterocycles. The molecule has 0 N–H and O–H groups in total. The number of ether oxygens (including phenoxy) is 3. The van der Waals surface area contributed by atoms with Crippen molar-refractivity contribution in [3.63, 3.8) is 0 Å². The van der Waals surface area contributed by atoms with Crippen molar-refractivity contribution in [2.75, 3.05) is 26.9 Å². The van der Waals surface area contributed by atoms with E-state index in [9.17, 15) is 0 Å². The van der Waals surface area contributed by atoms with Gasteiger partial charge in [-0.15, -0.1) is 0 Å². The highest BCUT2D eigenvalue weighted by Gasteiger charge is 2.07. The average Bonchev–Trinajstić information content (AvgIpc) is 2.78. The van der Waals surface area contributed by atoms with E-state index in [0.717, 1.165) is 79.4 Å². The van der Waals surface area contributed by atoms with Crippen LogP contribution in [0.3, 0.4) is 0 Å². The lowest BCUT2D eigenvalue weighted by molar-refractivity contribution is 0.212. The molecule has 0 spiro atoms. The first kappa shape index (κ1) is 26.3. The van der Waals surface area contributed by atoms with Crippen LogP contribution in [-0.2, 0) is 11.3 Å². The summed E-state index contributed by atoms with van der Waals surface area (Å²) in [5, 5.41) is 3.94. The van der Waals surface area contributed by atoms with E-state index in [1.54, 1.807) is 7.11 Å². The Labute approximate surface area is 199 Å². The van der Waals surface area contributed by atoms with E-state index in [-0.39, 0.29) is 0 Å². The molecule has 0 aliphatic rings. The molecule has 0 atom stereocenters. The Morgan fingerprint density at radius 3 is 2.09 bits per heavy atom. The molecule has 0 amide bonds. The largest absolute Gasteiger partial charge is 0.494 e. The van der Waals surface area contributed by atoms with E-state index >= 15 is 0 Å². The molecule has 0 bridgehead atoms. The van der Waals surface area contributed by atoms with E-state index < -0.39 is 0 Å². The molecule has 2 aromatic carbocycles. The predicted molar refractivity (Wildman–Crippen MR) is 136 cm³/mol. The van der Waals surface area contributed by atoms with Gasteiger partial charge in [-0.3, -0.25) is 0 Å². The third-order valence-electron chi connectivity index (χ3n) is 5.20. The third-order valence-corrected chi connectivity index (χ3v) is 5.20. The molecule has 0 radical (unpaired) electrons. The Hall–Kier alpha value is -2.95. The minimum atomic E-state index is 0.592. The summed E-state index contributed by atoms with van der Waals surface area (Å²) in [6, 6.07) is 12.3. The number of benzene rings is 2. The fourth-order valence-electron chi connectivity index (χ4n) is 3.57. The van der Waals surface area contributed by atoms with E-state index in [0.29, 0.717) is 6.61 Å². The topological polar surface area (TPSA) is 49.3 Å². The maximum absolute atomic E-state index is 6.06. The van der Waals surface area contributed by atoms with Crippen LogP contribution in [-0.4, -0.2) is 32.6 Å². The first-order valence-corrected chi connectivity index (χ1v) is 11.8. The molecule has 0 aliphatic carbocycles. The maximum atomic E-state index is 6.06. The molecule has 5 nitrogen and oxygen atoms in total. The Kier molecular flexibility index (Phi) is 11.9. The van der Waals surface area contributed by atoms with Gasteiger partial charge < -0.3 is 19.0 Å². The van der Waals surface area contributed by atoms with Gasteiger partial charge in [0.05, 0.1) is 18.9 Å². The van der Waals surface area contributed by atoms with Crippen molar-refractivity contribution in [1.82, 2.24) is 0 Å². The van der Waals surface area contributed by atoms with Crippen molar-refractivity contribution in [3.05, 3.63) is 65.2 Å². The molecule has 0 aliphatic heterocycles. The van der Waals surface area contributed by atoms with Crippen LogP contribution in [0, 0.1) is 13.8 Å². The molecule has 0 heterocycles. The number of nitrogens with zero attached hydrogens (tertiary/aromatic N) is 1. The van der Waals surface area contributed by atoms with Gasteiger partial charge in [0.15, 0.2) is 0 Å². The molecule has 0 fully saturated rings. The second-order valence-electron chi connectivity index (χ2n) is 8.21. The summed E-state index contributed by atoms with van der Waals surface area (Å²) in [6.07, 6.45) is 9.10. The van der Waals surface area contributed by atoms with Gasteiger partial charge in [0.2, 0.25) is 0 Å². The molecule has 180 valence electrons. The van der Waals surface area contributed by atoms with Gasteiger partial charge in [-0.25, -0.2) is 0 Å². The lowest BCUT2D eigenvalue weighted by Gasteiger charge is -2.14. The summed E-state index contributed by atoms with van der Waals surface area (Å²) < 4.78 is 17.7. The summed E-state index contributed by atoms with van der Waals surface area (Å²) in [5.41, 5.74) is 4.38. The quantitative estimate of drug-likeness (QED) is 0.128. The molecule has 33 heavy (non-hydrogen) atoms. The Balaban J connectivity index is 1.60. The smallest absolute Gasteiger partial charge is 0.125 e. The second kappa shape index (κ2) is 15.0. The second-order valence-corrected chi connectivity index (χ2v) is 8.21. The lowest BCUT2D eigenvalue weighted by atomic mass is 10.1. The van der Waals surface area contributed by atoms with Crippen LogP contribution in [0.2, 0.25) is 0 Å². The highest BCUT2D eigenvalue weighted by atomic mass is 16.6. The molecule has 5 heteroatoms. The number of hydrogen-bond donors (Lipinski definition) is 0. The van der Waals surface area contributed by atoms with Crippen LogP contribution in [0.4, 0.5) is 0 Å². The summed E-state index contributed by atoms with van der Waals surface area (Å²) in [6.45, 7) is 10.2. The van der Waals surface area contributed by atoms with Gasteiger partial charge in [-0.05, 0) is 94.3 Å². The van der Waals surface area contributed by atoms with E-state index in [2.05, 4.69) is 31.1 Å². The zero-order valence-electron chi connectivity index (χ0n) is 20.9. The van der Waals surface area contributed by atoms with Crippen LogP contribution < -0.4 is 14.2 Å². The van der Waals surface area contributed by atoms with Gasteiger partial charge in [-0.2, -0.15) is 0 Å². The number of rotatable bonds is 15. The number of oxime groups is 1. The van der Waals surface area contributed by atoms with Crippen molar-refractivity contribution in [2.24, 2.45) is 5.16 Å². The zero-order valence-corrected chi connectivity index (χ0v) is 20.9. The maximum Gasteiger partial charge on any atom is 0.125 e. The van der Waals surface area contributed by atoms with Crippen molar-refractivity contribution in [3.8, 4) is 17.2 Å². The summed E-state index contributed by atoms with van der Waals surface area (Å²) in [7, 11) is 1.57.